The minimum Gasteiger partial charge on any atom is -0.550 e. The maximum Gasteiger partial charge on any atom is 2.00 e. The smallest absolute Gasteiger partial charge is 0.550 e. The first kappa shape index (κ1) is 38.6. The van der Waals surface area contributed by atoms with E-state index in [9.17, 15) is 34.2 Å². The molecule has 0 aliphatic carbocycles. The number of aliphatic hydroxyl groups excluding tert-OH is 6. The van der Waals surface area contributed by atoms with Crippen molar-refractivity contribution < 1.29 is 85.3 Å². The van der Waals surface area contributed by atoms with Crippen LogP contribution in [0.2, 0.25) is 0 Å². The minimum atomic E-state index is -2.86. The van der Waals surface area contributed by atoms with E-state index in [0.717, 1.165) is 0 Å². The molecule has 0 aromatic heterocycles. The Kier molecular flexibility index (Phi) is 21.9. The van der Waals surface area contributed by atoms with Crippen molar-refractivity contribution in [2.75, 3.05) is 6.61 Å². The molecule has 0 saturated heterocycles. The molecule has 0 saturated carbocycles. The number of aliphatic hydroxyl groups is 7. The van der Waals surface area contributed by atoms with Gasteiger partial charge in [0.1, 0.15) is 24.4 Å². The minimum absolute atomic E-state index is 0. The summed E-state index contributed by atoms with van der Waals surface area (Å²) < 4.78 is 0. The van der Waals surface area contributed by atoms with E-state index in [1.165, 1.54) is 6.92 Å². The second kappa shape index (κ2) is 18.7. The molecule has 0 spiro atoms. The summed E-state index contributed by atoms with van der Waals surface area (Å²) in [4.78, 5) is 49.7. The number of hydrogen-bond donors (Lipinski definition) is 10. The zero-order chi connectivity index (χ0) is 26.4. The SMILES string of the molecule is CC(O)C(=O)O.O=C(O)[C@H](O)[C@@H](O)[C@H](O)[C@H](O)CO.O=C([O-])CC(O)(CC(=O)[O-])C(=O)O.[Ca+2]. The third-order valence-electron chi connectivity index (χ3n) is 3.14. The molecular formula is C15H24CaO17. The van der Waals surface area contributed by atoms with Gasteiger partial charge >= 0.3 is 55.6 Å². The van der Waals surface area contributed by atoms with Crippen LogP contribution in [0.15, 0.2) is 0 Å². The fraction of sp³-hybridized carbons (Fsp3) is 0.667. The number of carboxylic acids is 5. The van der Waals surface area contributed by atoms with Crippen LogP contribution in [0.1, 0.15) is 19.8 Å². The van der Waals surface area contributed by atoms with Gasteiger partial charge in [0, 0.05) is 24.8 Å². The number of hydrogen-bond acceptors (Lipinski definition) is 14. The Morgan fingerprint density at radius 2 is 1.12 bits per heavy atom. The topological polar surface area (TPSA) is 334 Å². The summed E-state index contributed by atoms with van der Waals surface area (Å²) in [5.74, 6) is -8.56. The normalized spacial score (nSPS) is 14.8. The number of carbonyl (C=O) groups is 5. The Labute approximate surface area is 214 Å². The van der Waals surface area contributed by atoms with Gasteiger partial charge in [-0.2, -0.15) is 0 Å². The number of carbonyl (C=O) groups excluding carboxylic acids is 2. The van der Waals surface area contributed by atoms with E-state index in [1.807, 2.05) is 0 Å². The van der Waals surface area contributed by atoms with Gasteiger partial charge in [0.2, 0.25) is 0 Å². The van der Waals surface area contributed by atoms with Gasteiger partial charge in [-0.15, -0.1) is 0 Å². The average molecular weight is 516 g/mol. The van der Waals surface area contributed by atoms with Crippen molar-refractivity contribution in [1.82, 2.24) is 0 Å². The Morgan fingerprint density at radius 3 is 1.30 bits per heavy atom. The molecule has 1 unspecified atom stereocenters. The third kappa shape index (κ3) is 18.4. The Balaban J connectivity index is -0.000000201. The Bertz CT molecular complexity index is 620. The van der Waals surface area contributed by atoms with Crippen molar-refractivity contribution in [3.63, 3.8) is 0 Å². The van der Waals surface area contributed by atoms with Gasteiger partial charge < -0.3 is 70.9 Å². The van der Waals surface area contributed by atoms with Crippen LogP contribution >= 0.6 is 0 Å². The molecule has 0 fully saturated rings. The summed E-state index contributed by atoms with van der Waals surface area (Å²) in [5, 5.41) is 105. The van der Waals surface area contributed by atoms with Crippen LogP contribution in [0.25, 0.3) is 0 Å². The molecule has 17 nitrogen and oxygen atoms in total. The van der Waals surface area contributed by atoms with Gasteiger partial charge in [0.05, 0.1) is 6.61 Å². The largest absolute Gasteiger partial charge is 2.00 e. The first-order valence-corrected chi connectivity index (χ1v) is 8.16. The number of aliphatic carboxylic acids is 5. The second-order valence-corrected chi connectivity index (χ2v) is 5.96. The monoisotopic (exact) mass is 516 g/mol. The van der Waals surface area contributed by atoms with Crippen molar-refractivity contribution >= 4 is 67.6 Å². The molecule has 5 atom stereocenters. The van der Waals surface area contributed by atoms with E-state index in [4.69, 9.17) is 51.1 Å². The van der Waals surface area contributed by atoms with Crippen LogP contribution in [-0.4, -0.2) is 161 Å². The zero-order valence-electron chi connectivity index (χ0n) is 17.0. The quantitative estimate of drug-likeness (QED) is 0.114. The van der Waals surface area contributed by atoms with E-state index in [0.29, 0.717) is 0 Å². The van der Waals surface area contributed by atoms with E-state index >= 15 is 0 Å². The van der Waals surface area contributed by atoms with Crippen molar-refractivity contribution in [3.8, 4) is 0 Å². The van der Waals surface area contributed by atoms with Crippen molar-refractivity contribution in [2.24, 2.45) is 0 Å². The molecule has 0 aromatic carbocycles. The van der Waals surface area contributed by atoms with Crippen LogP contribution in [0, 0.1) is 0 Å². The van der Waals surface area contributed by atoms with Gasteiger partial charge in [-0.1, -0.05) is 0 Å². The van der Waals surface area contributed by atoms with Gasteiger partial charge in [0.25, 0.3) is 0 Å². The van der Waals surface area contributed by atoms with Crippen molar-refractivity contribution in [1.29, 1.82) is 0 Å². The zero-order valence-corrected chi connectivity index (χ0v) is 19.3. The molecule has 0 aliphatic heterocycles. The number of carboxylic acid groups (broad SMARTS) is 5. The van der Waals surface area contributed by atoms with Crippen LogP contribution in [0.3, 0.4) is 0 Å². The Morgan fingerprint density at radius 1 is 0.788 bits per heavy atom. The van der Waals surface area contributed by atoms with E-state index in [-0.39, 0.29) is 37.7 Å². The molecule has 0 heterocycles. The summed E-state index contributed by atoms with van der Waals surface area (Å²) in [7, 11) is 0. The number of rotatable bonds is 11. The average Bonchev–Trinajstić information content (AvgIpc) is 2.64. The third-order valence-corrected chi connectivity index (χ3v) is 3.14. The molecule has 10 N–H and O–H groups in total. The van der Waals surface area contributed by atoms with Crippen LogP contribution in [0.5, 0.6) is 0 Å². The molecule has 0 amide bonds. The Hall–Kier alpha value is -1.67. The molecule has 33 heavy (non-hydrogen) atoms. The summed E-state index contributed by atoms with van der Waals surface area (Å²) in [6.07, 6.45) is -11.7. The van der Waals surface area contributed by atoms with E-state index in [2.05, 4.69) is 0 Å². The molecule has 0 aliphatic rings. The van der Waals surface area contributed by atoms with Gasteiger partial charge in [-0.3, -0.25) is 0 Å². The van der Waals surface area contributed by atoms with Gasteiger partial charge in [0.15, 0.2) is 11.7 Å². The molecule has 188 valence electrons. The maximum atomic E-state index is 10.3. The summed E-state index contributed by atoms with van der Waals surface area (Å²) in [6.45, 7) is 0.354. The summed E-state index contributed by atoms with van der Waals surface area (Å²) >= 11 is 0. The molecule has 18 heteroatoms. The molecule has 0 rings (SSSR count). The van der Waals surface area contributed by atoms with Crippen LogP contribution < -0.4 is 10.2 Å². The first-order chi connectivity index (χ1) is 14.3. The van der Waals surface area contributed by atoms with E-state index in [1.54, 1.807) is 0 Å². The summed E-state index contributed by atoms with van der Waals surface area (Å²) in [6, 6.07) is 0. The van der Waals surface area contributed by atoms with Crippen LogP contribution in [-0.2, 0) is 24.0 Å². The first-order valence-electron chi connectivity index (χ1n) is 8.16. The molecule has 0 radical (unpaired) electrons. The fourth-order valence-electron chi connectivity index (χ4n) is 1.36. The predicted molar refractivity (Wildman–Crippen MR) is 95.7 cm³/mol. The molecule has 0 aromatic rings. The predicted octanol–water partition coefficient (Wildman–Crippen LogP) is -8.34. The van der Waals surface area contributed by atoms with E-state index < -0.39 is 85.4 Å². The standard InChI is InChI=1S/C6H8O7.C6H12O7.C3H6O3.Ca/c7-3(8)1-6(13,5(11)12)2-4(9)10;7-1-2(8)3(9)4(10)5(11)6(12)13;1-2(4)3(5)6;/h13H,1-2H2,(H,7,8)(H,9,10)(H,11,12);2-5,7-11H,1H2,(H,12,13);2,4H,1H3,(H,5,6);/q;;;+2/p-2/t;2-,3-,4+,5-;;/m.1../s1. The van der Waals surface area contributed by atoms with Crippen molar-refractivity contribution in [3.05, 3.63) is 0 Å². The molecular weight excluding hydrogens is 492 g/mol. The van der Waals surface area contributed by atoms with Gasteiger partial charge in [-0.25, -0.2) is 14.4 Å². The molecule has 0 bridgehead atoms. The van der Waals surface area contributed by atoms with Crippen molar-refractivity contribution in [2.45, 2.75) is 55.9 Å². The van der Waals surface area contributed by atoms with Crippen LogP contribution in [0.4, 0.5) is 0 Å². The maximum absolute atomic E-state index is 10.3. The summed E-state index contributed by atoms with van der Waals surface area (Å²) in [5.41, 5.74) is -2.86. The van der Waals surface area contributed by atoms with Gasteiger partial charge in [-0.05, 0) is 6.92 Å². The fourth-order valence-corrected chi connectivity index (χ4v) is 1.36. The second-order valence-electron chi connectivity index (χ2n) is 5.96.